The first-order chi connectivity index (χ1) is 13.9. The van der Waals surface area contributed by atoms with Gasteiger partial charge in [-0.1, -0.05) is 53.7 Å². The third kappa shape index (κ3) is 5.74. The van der Waals surface area contributed by atoms with E-state index in [0.717, 1.165) is 5.56 Å². The van der Waals surface area contributed by atoms with Gasteiger partial charge < -0.3 is 14.6 Å². The normalized spacial score (nSPS) is 13.0. The minimum absolute atomic E-state index is 0.0479. The van der Waals surface area contributed by atoms with Crippen LogP contribution in [0.5, 0.6) is 5.75 Å². The maximum Gasteiger partial charge on any atom is 0.233 e. The van der Waals surface area contributed by atoms with Gasteiger partial charge in [0.05, 0.1) is 11.3 Å². The van der Waals surface area contributed by atoms with Crippen LogP contribution < -0.4 is 10.1 Å². The zero-order valence-corrected chi connectivity index (χ0v) is 18.1. The Labute approximate surface area is 179 Å². The van der Waals surface area contributed by atoms with Gasteiger partial charge in [-0.2, -0.15) is 0 Å². The van der Waals surface area contributed by atoms with Crippen LogP contribution in [-0.2, 0) is 18.4 Å². The minimum atomic E-state index is -0.311. The number of nitrogens with zero attached hydrogens (tertiary/aromatic N) is 3. The summed E-state index contributed by atoms with van der Waals surface area (Å²) in [7, 11) is 1.86. The number of hydrogen-bond acceptors (Lipinski definition) is 5. The number of ether oxygens (including phenoxy) is 1. The number of nitrogens with one attached hydrogen (secondary N) is 1. The number of amides is 1. The summed E-state index contributed by atoms with van der Waals surface area (Å²) in [5.41, 5.74) is 1.07. The fourth-order valence-corrected chi connectivity index (χ4v) is 3.59. The molecular formula is C21H23ClN4O2S. The highest BCUT2D eigenvalue weighted by atomic mass is 35.5. The number of aromatic nitrogens is 3. The molecule has 1 heterocycles. The van der Waals surface area contributed by atoms with Crippen LogP contribution in [0.3, 0.4) is 0 Å². The SMILES string of the molecule is CC(Sc1nnc(COc2ccc(Cl)cc2)n1C)C(=O)NC(C)c1ccccc1. The van der Waals surface area contributed by atoms with Crippen LogP contribution in [0.2, 0.25) is 5.02 Å². The van der Waals surface area contributed by atoms with E-state index in [1.807, 2.05) is 55.8 Å². The largest absolute Gasteiger partial charge is 0.486 e. The highest BCUT2D eigenvalue weighted by Crippen LogP contribution is 2.23. The molecule has 2 aromatic carbocycles. The molecule has 0 fully saturated rings. The smallest absolute Gasteiger partial charge is 0.233 e. The lowest BCUT2D eigenvalue weighted by atomic mass is 10.1. The molecule has 2 atom stereocenters. The second-order valence-electron chi connectivity index (χ2n) is 6.60. The van der Waals surface area contributed by atoms with Crippen molar-refractivity contribution in [2.24, 2.45) is 7.05 Å². The summed E-state index contributed by atoms with van der Waals surface area (Å²) in [6.07, 6.45) is 0. The van der Waals surface area contributed by atoms with E-state index in [9.17, 15) is 4.79 Å². The van der Waals surface area contributed by atoms with Gasteiger partial charge in [-0.3, -0.25) is 4.79 Å². The topological polar surface area (TPSA) is 69.0 Å². The van der Waals surface area contributed by atoms with E-state index in [4.69, 9.17) is 16.3 Å². The number of carbonyl (C=O) groups excluding carboxylic acids is 1. The Kier molecular flexibility index (Phi) is 7.17. The molecule has 0 aliphatic rings. The first kappa shape index (κ1) is 21.2. The highest BCUT2D eigenvalue weighted by molar-refractivity contribution is 8.00. The minimum Gasteiger partial charge on any atom is -0.486 e. The molecule has 1 N–H and O–H groups in total. The van der Waals surface area contributed by atoms with Crippen molar-refractivity contribution in [3.63, 3.8) is 0 Å². The average molecular weight is 431 g/mol. The standard InChI is InChI=1S/C21H23ClN4O2S/c1-14(16-7-5-4-6-8-16)23-20(27)15(2)29-21-25-24-19(26(21)3)13-28-18-11-9-17(22)10-12-18/h4-12,14-15H,13H2,1-3H3,(H,23,27). The molecule has 0 spiro atoms. The first-order valence-electron chi connectivity index (χ1n) is 9.22. The monoisotopic (exact) mass is 430 g/mol. The third-order valence-electron chi connectivity index (χ3n) is 4.42. The molecular weight excluding hydrogens is 408 g/mol. The van der Waals surface area contributed by atoms with Crippen molar-refractivity contribution in [3.05, 3.63) is 71.0 Å². The molecule has 1 aromatic heterocycles. The van der Waals surface area contributed by atoms with Crippen LogP contribution in [0.4, 0.5) is 0 Å². The number of rotatable bonds is 8. The molecule has 0 saturated carbocycles. The number of benzene rings is 2. The van der Waals surface area contributed by atoms with Crippen LogP contribution in [-0.4, -0.2) is 25.9 Å². The Morgan fingerprint density at radius 3 is 2.52 bits per heavy atom. The summed E-state index contributed by atoms with van der Waals surface area (Å²) in [5, 5.41) is 12.4. The lowest BCUT2D eigenvalue weighted by molar-refractivity contribution is -0.120. The molecule has 8 heteroatoms. The lowest BCUT2D eigenvalue weighted by Crippen LogP contribution is -2.33. The van der Waals surface area contributed by atoms with Gasteiger partial charge in [0.1, 0.15) is 12.4 Å². The van der Waals surface area contributed by atoms with Gasteiger partial charge in [0.15, 0.2) is 11.0 Å². The molecule has 3 rings (SSSR count). The second kappa shape index (κ2) is 9.80. The number of halogens is 1. The van der Waals surface area contributed by atoms with Crippen LogP contribution in [0.25, 0.3) is 0 Å². The first-order valence-corrected chi connectivity index (χ1v) is 10.5. The Morgan fingerprint density at radius 1 is 1.14 bits per heavy atom. The Bertz CT molecular complexity index is 947. The van der Waals surface area contributed by atoms with Gasteiger partial charge in [-0.05, 0) is 43.7 Å². The fraction of sp³-hybridized carbons (Fsp3) is 0.286. The van der Waals surface area contributed by atoms with E-state index in [1.54, 1.807) is 24.3 Å². The maximum atomic E-state index is 12.6. The number of thioether (sulfide) groups is 1. The zero-order chi connectivity index (χ0) is 20.8. The van der Waals surface area contributed by atoms with Crippen LogP contribution in [0, 0.1) is 0 Å². The fourth-order valence-electron chi connectivity index (χ4n) is 2.62. The molecule has 3 aromatic rings. The average Bonchev–Trinajstić information content (AvgIpc) is 3.07. The quantitative estimate of drug-likeness (QED) is 0.536. The maximum absolute atomic E-state index is 12.6. The molecule has 1 amide bonds. The van der Waals surface area contributed by atoms with Crippen molar-refractivity contribution in [2.45, 2.75) is 36.9 Å². The van der Waals surface area contributed by atoms with Gasteiger partial charge in [0.2, 0.25) is 5.91 Å². The van der Waals surface area contributed by atoms with E-state index in [0.29, 0.717) is 21.8 Å². The predicted octanol–water partition coefficient (Wildman–Crippen LogP) is 4.41. The third-order valence-corrected chi connectivity index (χ3v) is 5.80. The second-order valence-corrected chi connectivity index (χ2v) is 8.35. The Balaban J connectivity index is 1.55. The molecule has 2 unspecified atom stereocenters. The van der Waals surface area contributed by atoms with Crippen LogP contribution >= 0.6 is 23.4 Å². The molecule has 0 saturated heterocycles. The van der Waals surface area contributed by atoms with Crippen molar-refractivity contribution in [3.8, 4) is 5.75 Å². The van der Waals surface area contributed by atoms with Crippen molar-refractivity contribution in [1.82, 2.24) is 20.1 Å². The van der Waals surface area contributed by atoms with Gasteiger partial charge in [0.25, 0.3) is 0 Å². The molecule has 6 nitrogen and oxygen atoms in total. The summed E-state index contributed by atoms with van der Waals surface area (Å²) in [6.45, 7) is 4.10. The van der Waals surface area contributed by atoms with E-state index in [1.165, 1.54) is 11.8 Å². The van der Waals surface area contributed by atoms with Gasteiger partial charge in [0, 0.05) is 12.1 Å². The summed E-state index contributed by atoms with van der Waals surface area (Å²) in [5.74, 6) is 1.33. The van der Waals surface area contributed by atoms with Gasteiger partial charge >= 0.3 is 0 Å². The Morgan fingerprint density at radius 2 is 1.83 bits per heavy atom. The van der Waals surface area contributed by atoms with Gasteiger partial charge in [-0.25, -0.2) is 0 Å². The highest BCUT2D eigenvalue weighted by Gasteiger charge is 2.20. The lowest BCUT2D eigenvalue weighted by Gasteiger charge is -2.17. The zero-order valence-electron chi connectivity index (χ0n) is 16.5. The molecule has 0 aliphatic carbocycles. The molecule has 152 valence electrons. The van der Waals surface area contributed by atoms with Crippen molar-refractivity contribution in [2.75, 3.05) is 0 Å². The van der Waals surface area contributed by atoms with E-state index >= 15 is 0 Å². The van der Waals surface area contributed by atoms with Crippen molar-refractivity contribution >= 4 is 29.3 Å². The van der Waals surface area contributed by atoms with Crippen molar-refractivity contribution in [1.29, 1.82) is 0 Å². The Hall–Kier alpha value is -2.51. The van der Waals surface area contributed by atoms with E-state index in [2.05, 4.69) is 15.5 Å². The number of hydrogen-bond donors (Lipinski definition) is 1. The van der Waals surface area contributed by atoms with Crippen LogP contribution in [0.15, 0.2) is 59.8 Å². The van der Waals surface area contributed by atoms with Crippen molar-refractivity contribution < 1.29 is 9.53 Å². The molecule has 0 radical (unpaired) electrons. The molecule has 0 aliphatic heterocycles. The molecule has 29 heavy (non-hydrogen) atoms. The summed E-state index contributed by atoms with van der Waals surface area (Å²) in [6, 6.07) is 17.0. The summed E-state index contributed by atoms with van der Waals surface area (Å²) < 4.78 is 7.56. The summed E-state index contributed by atoms with van der Waals surface area (Å²) in [4.78, 5) is 12.6. The number of carbonyl (C=O) groups is 1. The van der Waals surface area contributed by atoms with E-state index in [-0.39, 0.29) is 23.8 Å². The van der Waals surface area contributed by atoms with Crippen LogP contribution in [0.1, 0.15) is 31.3 Å². The molecule has 0 bridgehead atoms. The predicted molar refractivity (Wildman–Crippen MR) is 115 cm³/mol. The van der Waals surface area contributed by atoms with Gasteiger partial charge in [-0.15, -0.1) is 10.2 Å². The summed E-state index contributed by atoms with van der Waals surface area (Å²) >= 11 is 7.24. The van der Waals surface area contributed by atoms with E-state index < -0.39 is 0 Å².